The highest BCUT2D eigenvalue weighted by Gasteiger charge is 2.37. The molecule has 3 aromatic rings. The molecule has 0 bridgehead atoms. The predicted octanol–water partition coefficient (Wildman–Crippen LogP) is 5.13. The van der Waals surface area contributed by atoms with E-state index < -0.39 is 11.7 Å². The van der Waals surface area contributed by atoms with Gasteiger partial charge >= 0.3 is 6.18 Å². The highest BCUT2D eigenvalue weighted by molar-refractivity contribution is 5.53. The van der Waals surface area contributed by atoms with Crippen LogP contribution in [0.5, 0.6) is 0 Å². The van der Waals surface area contributed by atoms with E-state index >= 15 is 0 Å². The molecule has 4 rings (SSSR count). The number of aromatic nitrogens is 3. The summed E-state index contributed by atoms with van der Waals surface area (Å²) in [6, 6.07) is 12.2. The third-order valence-electron chi connectivity index (χ3n) is 5.91. The minimum atomic E-state index is -4.47. The minimum Gasteiger partial charge on any atom is -0.310 e. The second-order valence-corrected chi connectivity index (χ2v) is 7.72. The number of nitrogens with one attached hydrogen (secondary N) is 1. The average molecular weight is 402 g/mol. The lowest BCUT2D eigenvalue weighted by Gasteiger charge is -2.30. The number of pyridine rings is 1. The van der Waals surface area contributed by atoms with Crippen molar-refractivity contribution in [2.24, 2.45) is 0 Å². The minimum absolute atomic E-state index is 0.110. The maximum Gasteiger partial charge on any atom is 0.420 e. The number of rotatable bonds is 5. The Morgan fingerprint density at radius 1 is 1.03 bits per heavy atom. The van der Waals surface area contributed by atoms with E-state index in [1.165, 1.54) is 9.96 Å². The van der Waals surface area contributed by atoms with Crippen molar-refractivity contribution in [1.29, 1.82) is 0 Å². The molecule has 0 spiro atoms. The van der Waals surface area contributed by atoms with Gasteiger partial charge in [0.2, 0.25) is 0 Å². The molecule has 154 valence electrons. The number of fused-ring (bicyclic) bond motifs is 1. The topological polar surface area (TPSA) is 42.2 Å². The van der Waals surface area contributed by atoms with Gasteiger partial charge in [-0.1, -0.05) is 37.3 Å². The van der Waals surface area contributed by atoms with E-state index in [0.717, 1.165) is 25.7 Å². The van der Waals surface area contributed by atoms with Crippen molar-refractivity contribution in [3.63, 3.8) is 0 Å². The van der Waals surface area contributed by atoms with Crippen molar-refractivity contribution in [3.05, 3.63) is 65.1 Å². The maximum absolute atomic E-state index is 13.8. The quantitative estimate of drug-likeness (QED) is 0.644. The van der Waals surface area contributed by atoms with Crippen LogP contribution in [-0.2, 0) is 19.1 Å². The molecule has 1 aliphatic rings. The van der Waals surface area contributed by atoms with E-state index in [1.807, 2.05) is 13.0 Å². The molecule has 1 fully saturated rings. The zero-order chi connectivity index (χ0) is 20.4. The molecule has 29 heavy (non-hydrogen) atoms. The molecule has 4 nitrogen and oxygen atoms in total. The number of nitrogens with zero attached hydrogens (tertiary/aromatic N) is 3. The number of benzene rings is 1. The SMILES string of the molecule is CCc1nnc2c(C(F)(F)F)c(CNC3CCC(c4ccccc4)CC3)ccn12. The summed E-state index contributed by atoms with van der Waals surface area (Å²) in [5.74, 6) is 1.07. The first-order chi connectivity index (χ1) is 14.0. The summed E-state index contributed by atoms with van der Waals surface area (Å²) in [5.41, 5.74) is 0.790. The lowest BCUT2D eigenvalue weighted by Crippen LogP contribution is -2.33. The van der Waals surface area contributed by atoms with E-state index in [4.69, 9.17) is 0 Å². The number of hydrogen-bond acceptors (Lipinski definition) is 3. The Labute approximate surface area is 168 Å². The van der Waals surface area contributed by atoms with Crippen LogP contribution in [-0.4, -0.2) is 20.6 Å². The van der Waals surface area contributed by atoms with Crippen LogP contribution in [0.1, 0.15) is 61.0 Å². The van der Waals surface area contributed by atoms with Gasteiger partial charge in [0.25, 0.3) is 0 Å². The van der Waals surface area contributed by atoms with Crippen molar-refractivity contribution in [2.45, 2.75) is 63.7 Å². The summed E-state index contributed by atoms with van der Waals surface area (Å²) in [6.07, 6.45) is 1.74. The van der Waals surface area contributed by atoms with Gasteiger partial charge in [0.05, 0.1) is 0 Å². The highest BCUT2D eigenvalue weighted by Crippen LogP contribution is 2.36. The summed E-state index contributed by atoms with van der Waals surface area (Å²) in [4.78, 5) is 0. The first-order valence-corrected chi connectivity index (χ1v) is 10.2. The number of hydrogen-bond donors (Lipinski definition) is 1. The number of halogens is 3. The fourth-order valence-electron chi connectivity index (χ4n) is 4.35. The van der Waals surface area contributed by atoms with Crippen molar-refractivity contribution < 1.29 is 13.2 Å². The summed E-state index contributed by atoms with van der Waals surface area (Å²) in [7, 11) is 0. The van der Waals surface area contributed by atoms with E-state index in [9.17, 15) is 13.2 Å². The van der Waals surface area contributed by atoms with Crippen LogP contribution in [0.3, 0.4) is 0 Å². The van der Waals surface area contributed by atoms with E-state index in [0.29, 0.717) is 18.2 Å². The molecule has 0 unspecified atom stereocenters. The summed E-state index contributed by atoms with van der Waals surface area (Å²) >= 11 is 0. The molecule has 0 aliphatic heterocycles. The summed E-state index contributed by atoms with van der Waals surface area (Å²) < 4.78 is 42.8. The van der Waals surface area contributed by atoms with Crippen molar-refractivity contribution >= 4 is 5.65 Å². The average Bonchev–Trinajstić information content (AvgIpc) is 3.15. The van der Waals surface area contributed by atoms with Crippen LogP contribution in [0, 0.1) is 0 Å². The number of alkyl halides is 3. The van der Waals surface area contributed by atoms with Gasteiger partial charge in [-0.3, -0.25) is 4.40 Å². The van der Waals surface area contributed by atoms with Crippen molar-refractivity contribution in [1.82, 2.24) is 19.9 Å². The molecule has 0 radical (unpaired) electrons. The first kappa shape index (κ1) is 19.9. The van der Waals surface area contributed by atoms with Gasteiger partial charge in [0.1, 0.15) is 11.4 Å². The zero-order valence-corrected chi connectivity index (χ0v) is 16.4. The Morgan fingerprint density at radius 2 is 1.76 bits per heavy atom. The third-order valence-corrected chi connectivity index (χ3v) is 5.91. The second-order valence-electron chi connectivity index (χ2n) is 7.72. The van der Waals surface area contributed by atoms with Crippen molar-refractivity contribution in [2.75, 3.05) is 0 Å². The molecular formula is C22H25F3N4. The van der Waals surface area contributed by atoms with Gasteiger partial charge in [-0.25, -0.2) is 0 Å². The predicted molar refractivity (Wildman–Crippen MR) is 106 cm³/mol. The lowest BCUT2D eigenvalue weighted by molar-refractivity contribution is -0.137. The molecule has 0 amide bonds. The smallest absolute Gasteiger partial charge is 0.310 e. The van der Waals surface area contributed by atoms with E-state index in [2.05, 4.69) is 39.8 Å². The Hall–Kier alpha value is -2.41. The maximum atomic E-state index is 13.8. The van der Waals surface area contributed by atoms with Crippen molar-refractivity contribution in [3.8, 4) is 0 Å². The van der Waals surface area contributed by atoms with Crippen LogP contribution >= 0.6 is 0 Å². The van der Waals surface area contributed by atoms with Crippen LogP contribution < -0.4 is 5.32 Å². The van der Waals surface area contributed by atoms with Gasteiger partial charge < -0.3 is 5.32 Å². The Morgan fingerprint density at radius 3 is 2.41 bits per heavy atom. The molecule has 1 saturated carbocycles. The van der Waals surface area contributed by atoms with Gasteiger partial charge in [-0.05, 0) is 48.8 Å². The third kappa shape index (κ3) is 4.15. The Kier molecular flexibility index (Phi) is 5.58. The molecule has 1 aromatic carbocycles. The molecule has 1 N–H and O–H groups in total. The van der Waals surface area contributed by atoms with Gasteiger partial charge in [-0.2, -0.15) is 13.2 Å². The molecule has 1 aliphatic carbocycles. The van der Waals surface area contributed by atoms with E-state index in [-0.39, 0.29) is 23.8 Å². The molecular weight excluding hydrogens is 377 g/mol. The molecule has 0 atom stereocenters. The molecule has 7 heteroatoms. The normalized spacial score (nSPS) is 20.3. The van der Waals surface area contributed by atoms with E-state index in [1.54, 1.807) is 12.3 Å². The van der Waals surface area contributed by atoms with Gasteiger partial charge in [0, 0.05) is 25.2 Å². The lowest BCUT2D eigenvalue weighted by atomic mass is 9.82. The fraction of sp³-hybridized carbons (Fsp3) is 0.455. The van der Waals surface area contributed by atoms with Crippen LogP contribution in [0.4, 0.5) is 13.2 Å². The molecule has 0 saturated heterocycles. The van der Waals surface area contributed by atoms with Crippen LogP contribution in [0.2, 0.25) is 0 Å². The Bertz CT molecular complexity index is 957. The zero-order valence-electron chi connectivity index (χ0n) is 16.4. The summed E-state index contributed by atoms with van der Waals surface area (Å²) in [5, 5.41) is 11.1. The Balaban J connectivity index is 1.46. The standard InChI is InChI=1S/C22H25F3N4/c1-2-19-27-28-21-20(22(23,24)25)17(12-13-29(19)21)14-26-18-10-8-16(9-11-18)15-6-4-3-5-7-15/h3-7,12-13,16,18,26H,2,8-11,14H2,1H3. The van der Waals surface area contributed by atoms with Crippen LogP contribution in [0.25, 0.3) is 5.65 Å². The second kappa shape index (κ2) is 8.14. The molecule has 2 heterocycles. The molecule has 2 aromatic heterocycles. The van der Waals surface area contributed by atoms with Gasteiger partial charge in [0.15, 0.2) is 5.65 Å². The first-order valence-electron chi connectivity index (χ1n) is 10.2. The monoisotopic (exact) mass is 402 g/mol. The number of aryl methyl sites for hydroxylation is 1. The highest BCUT2D eigenvalue weighted by atomic mass is 19.4. The fourth-order valence-corrected chi connectivity index (χ4v) is 4.35. The van der Waals surface area contributed by atoms with Gasteiger partial charge in [-0.15, -0.1) is 10.2 Å². The summed E-state index contributed by atoms with van der Waals surface area (Å²) in [6.45, 7) is 2.03. The van der Waals surface area contributed by atoms with Crippen LogP contribution in [0.15, 0.2) is 42.6 Å². The largest absolute Gasteiger partial charge is 0.420 e.